The highest BCUT2D eigenvalue weighted by atomic mass is 32.2. The van der Waals surface area contributed by atoms with E-state index in [9.17, 15) is 9.90 Å². The summed E-state index contributed by atoms with van der Waals surface area (Å²) in [6.07, 6.45) is 1.89. The zero-order valence-corrected chi connectivity index (χ0v) is 11.6. The molecule has 0 atom stereocenters. The van der Waals surface area contributed by atoms with Crippen LogP contribution in [0.1, 0.15) is 10.4 Å². The molecule has 0 aliphatic carbocycles. The lowest BCUT2D eigenvalue weighted by Gasteiger charge is -2.18. The highest BCUT2D eigenvalue weighted by Crippen LogP contribution is 2.27. The fourth-order valence-electron chi connectivity index (χ4n) is 1.42. The Labute approximate surface area is 111 Å². The first-order valence-corrected chi connectivity index (χ1v) is 6.71. The van der Waals surface area contributed by atoms with Gasteiger partial charge in [-0.15, -0.1) is 0 Å². The molecule has 100 valence electrons. The largest absolute Gasteiger partial charge is 0.492 e. The normalized spacial score (nSPS) is 10.2. The van der Waals surface area contributed by atoms with Crippen LogP contribution in [0.2, 0.25) is 0 Å². The fraction of sp³-hybridized carbons (Fsp3) is 0.417. The predicted octanol–water partition coefficient (Wildman–Crippen LogP) is 1.70. The van der Waals surface area contributed by atoms with E-state index in [0.29, 0.717) is 18.0 Å². The lowest BCUT2D eigenvalue weighted by Crippen LogP contribution is -2.16. The minimum atomic E-state index is -0.954. The summed E-state index contributed by atoms with van der Waals surface area (Å²) < 4.78 is 7.26. The summed E-state index contributed by atoms with van der Waals surface area (Å²) in [6.45, 7) is 1.22. The molecule has 0 radical (unpaired) electrons. The molecule has 0 amide bonds. The van der Waals surface area contributed by atoms with Crippen LogP contribution in [0.25, 0.3) is 0 Å². The Morgan fingerprint density at radius 3 is 2.83 bits per heavy atom. The number of nitrogens with one attached hydrogen (secondary N) is 1. The van der Waals surface area contributed by atoms with Gasteiger partial charge in [0, 0.05) is 19.8 Å². The SMILES string of the molecule is CNCCOc1ccc(N(C)SC)c(C(=O)O)c1. The molecule has 0 spiro atoms. The zero-order valence-electron chi connectivity index (χ0n) is 10.8. The molecule has 1 rings (SSSR count). The summed E-state index contributed by atoms with van der Waals surface area (Å²) in [4.78, 5) is 11.2. The molecule has 0 fully saturated rings. The molecule has 5 nitrogen and oxygen atoms in total. The average molecular weight is 270 g/mol. The van der Waals surface area contributed by atoms with Gasteiger partial charge in [0.25, 0.3) is 0 Å². The number of carboxylic acid groups (broad SMARTS) is 1. The van der Waals surface area contributed by atoms with E-state index < -0.39 is 5.97 Å². The second kappa shape index (κ2) is 7.13. The Kier molecular flexibility index (Phi) is 5.80. The van der Waals surface area contributed by atoms with Crippen molar-refractivity contribution in [3.8, 4) is 5.75 Å². The maximum atomic E-state index is 11.2. The lowest BCUT2D eigenvalue weighted by molar-refractivity contribution is 0.0697. The number of aromatic carboxylic acids is 1. The monoisotopic (exact) mass is 270 g/mol. The molecule has 0 saturated heterocycles. The van der Waals surface area contributed by atoms with Crippen LogP contribution in [-0.2, 0) is 0 Å². The predicted molar refractivity (Wildman–Crippen MR) is 74.7 cm³/mol. The van der Waals surface area contributed by atoms with Crippen LogP contribution in [-0.4, -0.2) is 44.6 Å². The number of hydrogen-bond donors (Lipinski definition) is 2. The highest BCUT2D eigenvalue weighted by molar-refractivity contribution is 7.99. The summed E-state index contributed by atoms with van der Waals surface area (Å²) in [6, 6.07) is 5.10. The van der Waals surface area contributed by atoms with Gasteiger partial charge < -0.3 is 19.5 Å². The minimum absolute atomic E-state index is 0.244. The van der Waals surface area contributed by atoms with Crippen LogP contribution in [0.5, 0.6) is 5.75 Å². The van der Waals surface area contributed by atoms with Gasteiger partial charge in [-0.2, -0.15) is 0 Å². The van der Waals surface area contributed by atoms with Crippen LogP contribution in [0.3, 0.4) is 0 Å². The molecule has 0 aliphatic rings. The van der Waals surface area contributed by atoms with E-state index in [1.54, 1.807) is 22.5 Å². The third-order valence-electron chi connectivity index (χ3n) is 2.43. The van der Waals surface area contributed by atoms with E-state index in [2.05, 4.69) is 5.32 Å². The van der Waals surface area contributed by atoms with E-state index in [4.69, 9.17) is 4.74 Å². The molecule has 1 aromatic rings. The van der Waals surface area contributed by atoms with Crippen LogP contribution in [0, 0.1) is 0 Å². The van der Waals surface area contributed by atoms with Gasteiger partial charge in [-0.05, 0) is 25.2 Å². The Morgan fingerprint density at radius 1 is 1.56 bits per heavy atom. The van der Waals surface area contributed by atoms with E-state index in [0.717, 1.165) is 6.54 Å². The van der Waals surface area contributed by atoms with Crippen LogP contribution in [0.15, 0.2) is 18.2 Å². The van der Waals surface area contributed by atoms with Gasteiger partial charge >= 0.3 is 5.97 Å². The summed E-state index contributed by atoms with van der Waals surface area (Å²) >= 11 is 1.46. The molecular weight excluding hydrogens is 252 g/mol. The average Bonchev–Trinajstić information content (AvgIpc) is 2.38. The number of carboxylic acids is 1. The van der Waals surface area contributed by atoms with Crippen molar-refractivity contribution < 1.29 is 14.6 Å². The van der Waals surface area contributed by atoms with Crippen molar-refractivity contribution in [2.24, 2.45) is 0 Å². The molecule has 2 N–H and O–H groups in total. The van der Waals surface area contributed by atoms with Gasteiger partial charge in [0.2, 0.25) is 0 Å². The van der Waals surface area contributed by atoms with Crippen molar-refractivity contribution in [3.63, 3.8) is 0 Å². The summed E-state index contributed by atoms with van der Waals surface area (Å²) in [7, 11) is 3.66. The van der Waals surface area contributed by atoms with E-state index in [1.807, 2.05) is 20.4 Å². The molecule has 18 heavy (non-hydrogen) atoms. The highest BCUT2D eigenvalue weighted by Gasteiger charge is 2.14. The van der Waals surface area contributed by atoms with Gasteiger partial charge in [0.05, 0.1) is 11.3 Å². The van der Waals surface area contributed by atoms with E-state index in [-0.39, 0.29) is 5.56 Å². The molecule has 1 aromatic carbocycles. The fourth-order valence-corrected chi connectivity index (χ4v) is 1.78. The lowest BCUT2D eigenvalue weighted by atomic mass is 10.1. The maximum Gasteiger partial charge on any atom is 0.337 e. The quantitative estimate of drug-likeness (QED) is 0.581. The van der Waals surface area contributed by atoms with Crippen molar-refractivity contribution in [1.82, 2.24) is 5.32 Å². The van der Waals surface area contributed by atoms with Crippen molar-refractivity contribution in [3.05, 3.63) is 23.8 Å². The number of hydrogen-bond acceptors (Lipinski definition) is 5. The minimum Gasteiger partial charge on any atom is -0.492 e. The molecule has 0 saturated carbocycles. The number of likely N-dealkylation sites (N-methyl/N-ethyl adjacent to an activating group) is 1. The Morgan fingerprint density at radius 2 is 2.28 bits per heavy atom. The third kappa shape index (κ3) is 3.82. The number of nitrogens with zero attached hydrogens (tertiary/aromatic N) is 1. The Hall–Kier alpha value is -1.40. The van der Waals surface area contributed by atoms with Crippen LogP contribution in [0.4, 0.5) is 5.69 Å². The van der Waals surface area contributed by atoms with E-state index in [1.165, 1.54) is 11.9 Å². The van der Waals surface area contributed by atoms with Crippen molar-refractivity contribution >= 4 is 23.6 Å². The summed E-state index contributed by atoms with van der Waals surface area (Å²) in [5.41, 5.74) is 0.907. The summed E-state index contributed by atoms with van der Waals surface area (Å²) in [5, 5.41) is 12.2. The molecule has 0 unspecified atom stereocenters. The topological polar surface area (TPSA) is 61.8 Å². The number of benzene rings is 1. The van der Waals surface area contributed by atoms with Gasteiger partial charge in [-0.3, -0.25) is 0 Å². The van der Waals surface area contributed by atoms with Crippen molar-refractivity contribution in [2.45, 2.75) is 0 Å². The zero-order chi connectivity index (χ0) is 13.5. The Balaban J connectivity index is 2.92. The van der Waals surface area contributed by atoms with Crippen molar-refractivity contribution in [1.29, 1.82) is 0 Å². The van der Waals surface area contributed by atoms with Gasteiger partial charge in [-0.25, -0.2) is 4.79 Å². The standard InChI is InChI=1S/C12H18N2O3S/c1-13-6-7-17-9-4-5-11(14(2)18-3)10(8-9)12(15)16/h4-5,8,13H,6-7H2,1-3H3,(H,15,16). The smallest absolute Gasteiger partial charge is 0.337 e. The van der Waals surface area contributed by atoms with Gasteiger partial charge in [0.15, 0.2) is 0 Å². The molecule has 0 heterocycles. The van der Waals surface area contributed by atoms with Crippen LogP contribution >= 0.6 is 11.9 Å². The molecule has 0 aromatic heterocycles. The second-order valence-corrected chi connectivity index (χ2v) is 4.53. The summed E-state index contributed by atoms with van der Waals surface area (Å²) in [5.74, 6) is -0.383. The first-order chi connectivity index (χ1) is 8.60. The van der Waals surface area contributed by atoms with Gasteiger partial charge in [-0.1, -0.05) is 11.9 Å². The number of carbonyl (C=O) groups is 1. The molecule has 0 bridgehead atoms. The first-order valence-electron chi connectivity index (χ1n) is 5.52. The maximum absolute atomic E-state index is 11.2. The molecule has 0 aliphatic heterocycles. The number of anilines is 1. The van der Waals surface area contributed by atoms with E-state index >= 15 is 0 Å². The first kappa shape index (κ1) is 14.7. The third-order valence-corrected chi connectivity index (χ3v) is 3.18. The van der Waals surface area contributed by atoms with Gasteiger partial charge in [0.1, 0.15) is 12.4 Å². The second-order valence-electron chi connectivity index (χ2n) is 3.62. The molecule has 6 heteroatoms. The Bertz CT molecular complexity index is 412. The van der Waals surface area contributed by atoms with Crippen molar-refractivity contribution in [2.75, 3.05) is 37.8 Å². The molecular formula is C12H18N2O3S. The number of rotatable bonds is 7. The van der Waals surface area contributed by atoms with Crippen LogP contribution < -0.4 is 14.4 Å². The number of ether oxygens (including phenoxy) is 1.